The Balaban J connectivity index is 1.73. The van der Waals surface area contributed by atoms with E-state index in [2.05, 4.69) is 25.3 Å². The van der Waals surface area contributed by atoms with Gasteiger partial charge in [-0.05, 0) is 25.0 Å². The number of H-pyrrole nitrogens is 1. The lowest BCUT2D eigenvalue weighted by molar-refractivity contribution is 0.401. The summed E-state index contributed by atoms with van der Waals surface area (Å²) in [5.41, 5.74) is 2.68. The molecule has 32 heavy (non-hydrogen) atoms. The summed E-state index contributed by atoms with van der Waals surface area (Å²) >= 11 is 6.26. The molecule has 2 aromatic heterocycles. The van der Waals surface area contributed by atoms with Crippen molar-refractivity contribution in [1.29, 1.82) is 0 Å². The first-order chi connectivity index (χ1) is 15.2. The van der Waals surface area contributed by atoms with Gasteiger partial charge in [-0.2, -0.15) is 4.31 Å². The van der Waals surface area contributed by atoms with E-state index in [1.165, 1.54) is 30.1 Å². The SMILES string of the molecule is COc1c(C(C)Nc2ncnc3nc[nH]c23)cc(Cl)c(F)c1C1=CCN(S(C)(=O)=O)CC1. The van der Waals surface area contributed by atoms with Gasteiger partial charge in [0.15, 0.2) is 17.3 Å². The summed E-state index contributed by atoms with van der Waals surface area (Å²) in [5.74, 6) is 0.266. The van der Waals surface area contributed by atoms with Crippen LogP contribution >= 0.6 is 11.6 Å². The number of benzene rings is 1. The lowest BCUT2D eigenvalue weighted by Crippen LogP contribution is -2.33. The number of nitrogens with zero attached hydrogens (tertiary/aromatic N) is 4. The third-order valence-corrected chi connectivity index (χ3v) is 6.95. The quantitative estimate of drug-likeness (QED) is 0.556. The van der Waals surface area contributed by atoms with Gasteiger partial charge in [0.2, 0.25) is 10.0 Å². The number of rotatable bonds is 6. The monoisotopic (exact) mass is 480 g/mol. The fraction of sp³-hybridized carbons (Fsp3) is 0.350. The molecule has 0 bridgehead atoms. The van der Waals surface area contributed by atoms with Gasteiger partial charge in [-0.15, -0.1) is 0 Å². The predicted molar refractivity (Wildman–Crippen MR) is 121 cm³/mol. The molecule has 0 saturated carbocycles. The number of aromatic amines is 1. The van der Waals surface area contributed by atoms with E-state index < -0.39 is 15.8 Å². The van der Waals surface area contributed by atoms with Crippen molar-refractivity contribution in [1.82, 2.24) is 24.2 Å². The van der Waals surface area contributed by atoms with E-state index in [9.17, 15) is 8.42 Å². The Kier molecular flexibility index (Phi) is 6.06. The fourth-order valence-corrected chi connectivity index (χ4v) is 4.77. The number of hydrogen-bond acceptors (Lipinski definition) is 7. The minimum Gasteiger partial charge on any atom is -0.496 e. The van der Waals surface area contributed by atoms with Crippen molar-refractivity contribution in [2.75, 3.05) is 31.8 Å². The highest BCUT2D eigenvalue weighted by atomic mass is 35.5. The number of hydrogen-bond donors (Lipinski definition) is 2. The third kappa shape index (κ3) is 4.15. The highest BCUT2D eigenvalue weighted by Gasteiger charge is 2.28. The lowest BCUT2D eigenvalue weighted by atomic mass is 9.94. The van der Waals surface area contributed by atoms with Crippen LogP contribution in [0.1, 0.15) is 30.5 Å². The molecule has 1 atom stereocenters. The van der Waals surface area contributed by atoms with Gasteiger partial charge in [-0.3, -0.25) is 0 Å². The minimum absolute atomic E-state index is 0.0507. The Bertz CT molecular complexity index is 1310. The highest BCUT2D eigenvalue weighted by molar-refractivity contribution is 7.88. The predicted octanol–water partition coefficient (Wildman–Crippen LogP) is 3.38. The normalized spacial score (nSPS) is 16.1. The molecule has 1 aliphatic heterocycles. The smallest absolute Gasteiger partial charge is 0.211 e. The Morgan fingerprint density at radius 2 is 2.12 bits per heavy atom. The molecule has 1 aliphatic rings. The van der Waals surface area contributed by atoms with Crippen LogP contribution in [0.5, 0.6) is 5.75 Å². The first kappa shape index (κ1) is 22.4. The zero-order valence-corrected chi connectivity index (χ0v) is 19.3. The van der Waals surface area contributed by atoms with Crippen molar-refractivity contribution in [3.63, 3.8) is 0 Å². The van der Waals surface area contributed by atoms with Crippen LogP contribution in [0, 0.1) is 5.82 Å². The van der Waals surface area contributed by atoms with Crippen LogP contribution in [-0.2, 0) is 10.0 Å². The summed E-state index contributed by atoms with van der Waals surface area (Å²) in [6.45, 7) is 2.29. The fourth-order valence-electron chi connectivity index (χ4n) is 3.79. The second-order valence-corrected chi connectivity index (χ2v) is 9.85. The summed E-state index contributed by atoms with van der Waals surface area (Å²) in [7, 11) is -1.86. The number of halogens is 2. The van der Waals surface area contributed by atoms with Crippen LogP contribution in [0.4, 0.5) is 10.2 Å². The van der Waals surface area contributed by atoms with Gasteiger partial charge in [0.25, 0.3) is 0 Å². The summed E-state index contributed by atoms with van der Waals surface area (Å²) < 4.78 is 45.8. The van der Waals surface area contributed by atoms with Crippen molar-refractivity contribution >= 4 is 44.2 Å². The van der Waals surface area contributed by atoms with Crippen LogP contribution in [0.3, 0.4) is 0 Å². The van der Waals surface area contributed by atoms with E-state index in [-0.39, 0.29) is 29.7 Å². The van der Waals surface area contributed by atoms with Crippen molar-refractivity contribution in [2.45, 2.75) is 19.4 Å². The van der Waals surface area contributed by atoms with Gasteiger partial charge >= 0.3 is 0 Å². The molecule has 1 aromatic carbocycles. The second-order valence-electron chi connectivity index (χ2n) is 7.46. The van der Waals surface area contributed by atoms with E-state index in [0.717, 1.165) is 6.26 Å². The van der Waals surface area contributed by atoms with Gasteiger partial charge in [0.05, 0.1) is 36.3 Å². The number of sulfonamides is 1. The molecule has 0 fully saturated rings. The molecule has 4 rings (SSSR count). The van der Waals surface area contributed by atoms with E-state index in [4.69, 9.17) is 16.3 Å². The molecule has 0 aliphatic carbocycles. The molecule has 1 unspecified atom stereocenters. The number of fused-ring (bicyclic) bond motifs is 1. The topological polar surface area (TPSA) is 113 Å². The molecule has 9 nitrogen and oxygen atoms in total. The van der Waals surface area contributed by atoms with Crippen molar-refractivity contribution in [3.05, 3.63) is 46.8 Å². The largest absolute Gasteiger partial charge is 0.496 e. The third-order valence-electron chi connectivity index (χ3n) is 5.41. The average molecular weight is 481 g/mol. The first-order valence-electron chi connectivity index (χ1n) is 9.81. The Morgan fingerprint density at radius 1 is 1.34 bits per heavy atom. The van der Waals surface area contributed by atoms with Crippen molar-refractivity contribution < 1.29 is 17.5 Å². The molecule has 0 radical (unpaired) electrons. The molecule has 0 amide bonds. The Morgan fingerprint density at radius 3 is 2.78 bits per heavy atom. The van der Waals surface area contributed by atoms with Crippen molar-refractivity contribution in [3.8, 4) is 5.75 Å². The zero-order chi connectivity index (χ0) is 23.0. The number of ether oxygens (including phenoxy) is 1. The molecule has 0 spiro atoms. The molecular weight excluding hydrogens is 459 g/mol. The van der Waals surface area contributed by atoms with Crippen LogP contribution < -0.4 is 10.1 Å². The van der Waals surface area contributed by atoms with Gasteiger partial charge in [-0.25, -0.2) is 27.8 Å². The molecule has 12 heteroatoms. The van der Waals surface area contributed by atoms with Gasteiger partial charge in [-0.1, -0.05) is 17.7 Å². The Hall–Kier alpha value is -2.76. The molecule has 2 N–H and O–H groups in total. The lowest BCUT2D eigenvalue weighted by Gasteiger charge is -2.27. The summed E-state index contributed by atoms with van der Waals surface area (Å²) in [5, 5.41) is 3.22. The number of anilines is 1. The van der Waals surface area contributed by atoms with E-state index in [1.54, 1.807) is 6.08 Å². The second kappa shape index (κ2) is 8.64. The van der Waals surface area contributed by atoms with Crippen LogP contribution in [0.25, 0.3) is 16.7 Å². The summed E-state index contributed by atoms with van der Waals surface area (Å²) in [6.07, 6.45) is 6.11. The van der Waals surface area contributed by atoms with Gasteiger partial charge in [0, 0.05) is 18.7 Å². The maximum Gasteiger partial charge on any atom is 0.211 e. The number of imidazole rings is 1. The Labute approximate surface area is 189 Å². The van der Waals surface area contributed by atoms with E-state index in [0.29, 0.717) is 40.3 Å². The summed E-state index contributed by atoms with van der Waals surface area (Å²) in [4.78, 5) is 15.5. The average Bonchev–Trinajstić information content (AvgIpc) is 3.24. The molecule has 3 heterocycles. The van der Waals surface area contributed by atoms with Crippen LogP contribution in [0.2, 0.25) is 5.02 Å². The van der Waals surface area contributed by atoms with Crippen molar-refractivity contribution in [2.24, 2.45) is 0 Å². The number of methoxy groups -OCH3 is 1. The highest BCUT2D eigenvalue weighted by Crippen LogP contribution is 2.41. The van der Waals surface area contributed by atoms with E-state index in [1.807, 2.05) is 6.92 Å². The maximum absolute atomic E-state index is 15.2. The van der Waals surface area contributed by atoms with E-state index >= 15 is 4.39 Å². The number of nitrogens with one attached hydrogen (secondary N) is 2. The standard InChI is InChI=1S/C20H22ClFN6O3S/c1-11(27-20-17-19(24-9-23-17)25-10-26-20)13-8-14(21)16(22)15(18(13)31-2)12-4-6-28(7-5-12)32(3,29)30/h4,8-11H,5-7H2,1-3H3,(H2,23,24,25,26,27). The molecule has 170 valence electrons. The van der Waals surface area contributed by atoms with Crippen LogP contribution in [-0.4, -0.2) is 59.1 Å². The van der Waals surface area contributed by atoms with Gasteiger partial charge in [0.1, 0.15) is 17.6 Å². The minimum atomic E-state index is -3.33. The molecule has 3 aromatic rings. The molecular formula is C20H22ClFN6O3S. The molecule has 0 saturated heterocycles. The van der Waals surface area contributed by atoms with Gasteiger partial charge < -0.3 is 15.0 Å². The summed E-state index contributed by atoms with van der Waals surface area (Å²) in [6, 6.07) is 1.16. The van der Waals surface area contributed by atoms with Crippen LogP contribution in [0.15, 0.2) is 24.8 Å². The zero-order valence-electron chi connectivity index (χ0n) is 17.7. The number of aromatic nitrogens is 4. The maximum atomic E-state index is 15.2. The first-order valence-corrected chi connectivity index (χ1v) is 12.0.